The van der Waals surface area contributed by atoms with E-state index in [1.54, 1.807) is 42.5 Å². The second-order valence-corrected chi connectivity index (χ2v) is 8.29. The number of nitrogens with one attached hydrogen (secondary N) is 2. The van der Waals surface area contributed by atoms with Crippen molar-refractivity contribution in [3.63, 3.8) is 0 Å². The van der Waals surface area contributed by atoms with Crippen molar-refractivity contribution in [1.29, 1.82) is 0 Å². The topological polar surface area (TPSA) is 41.1 Å². The molecule has 0 bridgehead atoms. The van der Waals surface area contributed by atoms with Crippen LogP contribution in [0.3, 0.4) is 0 Å². The number of hydrogen-bond donors (Lipinski definition) is 2. The largest absolute Gasteiger partial charge is 0.361 e. The summed E-state index contributed by atoms with van der Waals surface area (Å²) in [4.78, 5) is 12.3. The lowest BCUT2D eigenvalue weighted by Crippen LogP contribution is -2.49. The van der Waals surface area contributed by atoms with Crippen LogP contribution in [0.15, 0.2) is 42.5 Å². The predicted octanol–water partition coefficient (Wildman–Crippen LogP) is 6.19. The highest BCUT2D eigenvalue weighted by Gasteiger charge is 2.34. The third-order valence-corrected chi connectivity index (χ3v) is 4.69. The summed E-state index contributed by atoms with van der Waals surface area (Å²) in [5.41, 5.74) is 0.773. The van der Waals surface area contributed by atoms with E-state index >= 15 is 0 Å². The Labute approximate surface area is 169 Å². The summed E-state index contributed by atoms with van der Waals surface area (Å²) in [6.45, 7) is 0. The number of carbonyl (C=O) groups excluding carboxylic acids is 1. The van der Waals surface area contributed by atoms with Crippen molar-refractivity contribution >= 4 is 81.2 Å². The second kappa shape index (κ2) is 8.22. The summed E-state index contributed by atoms with van der Waals surface area (Å²) in [5.74, 6) is -0.450. The van der Waals surface area contributed by atoms with E-state index in [9.17, 15) is 4.79 Å². The SMILES string of the molecule is O=C(N[C@H](Nc1cccc(Cl)c1Cl)C(Cl)(Cl)Cl)c1ccc(Cl)cc1. The van der Waals surface area contributed by atoms with E-state index in [-0.39, 0.29) is 5.02 Å². The Morgan fingerprint density at radius 1 is 0.958 bits per heavy atom. The summed E-state index contributed by atoms with van der Waals surface area (Å²) in [7, 11) is 0. The molecule has 1 atom stereocenters. The van der Waals surface area contributed by atoms with Crippen molar-refractivity contribution in [2.45, 2.75) is 9.96 Å². The molecule has 9 heteroatoms. The number of benzene rings is 2. The summed E-state index contributed by atoms with van der Waals surface area (Å²) >= 11 is 35.7. The van der Waals surface area contributed by atoms with Gasteiger partial charge in [-0.1, -0.05) is 75.7 Å². The maximum atomic E-state index is 12.3. The van der Waals surface area contributed by atoms with Gasteiger partial charge in [-0.15, -0.1) is 0 Å². The number of halogens is 6. The van der Waals surface area contributed by atoms with Gasteiger partial charge in [0.1, 0.15) is 6.17 Å². The molecule has 24 heavy (non-hydrogen) atoms. The molecule has 0 aliphatic rings. The molecule has 0 aliphatic heterocycles. The minimum Gasteiger partial charge on any atom is -0.361 e. The minimum atomic E-state index is -1.84. The third-order valence-electron chi connectivity index (χ3n) is 2.96. The average Bonchev–Trinajstić information content (AvgIpc) is 2.50. The van der Waals surface area contributed by atoms with Crippen LogP contribution in [0.5, 0.6) is 0 Å². The van der Waals surface area contributed by atoms with Gasteiger partial charge >= 0.3 is 0 Å². The second-order valence-electron chi connectivity index (χ2n) is 4.70. The molecule has 0 aromatic heterocycles. The smallest absolute Gasteiger partial charge is 0.252 e. The van der Waals surface area contributed by atoms with Crippen LogP contribution >= 0.6 is 69.6 Å². The molecule has 0 fully saturated rings. The van der Waals surface area contributed by atoms with Gasteiger partial charge in [-0.25, -0.2) is 0 Å². The number of alkyl halides is 3. The summed E-state index contributed by atoms with van der Waals surface area (Å²) < 4.78 is -1.84. The summed E-state index contributed by atoms with van der Waals surface area (Å²) in [6.07, 6.45) is -1.05. The highest BCUT2D eigenvalue weighted by atomic mass is 35.6. The normalized spacial score (nSPS) is 12.6. The van der Waals surface area contributed by atoms with Crippen LogP contribution in [0.2, 0.25) is 15.1 Å². The first-order valence-corrected chi connectivity index (χ1v) is 8.79. The van der Waals surface area contributed by atoms with Crippen molar-refractivity contribution in [2.75, 3.05) is 5.32 Å². The van der Waals surface area contributed by atoms with Crippen molar-refractivity contribution in [2.24, 2.45) is 0 Å². The van der Waals surface area contributed by atoms with E-state index in [1.165, 1.54) is 0 Å². The molecule has 0 unspecified atom stereocenters. The molecule has 2 aromatic carbocycles. The van der Waals surface area contributed by atoms with Crippen molar-refractivity contribution in [3.8, 4) is 0 Å². The standard InChI is InChI=1S/C15H10Cl6N2O/c16-9-6-4-8(5-7-9)13(24)23-14(15(19,20)21)22-11-3-1-2-10(17)12(11)18/h1-7,14,22H,(H,23,24)/t14-/m0/s1. The lowest BCUT2D eigenvalue weighted by molar-refractivity contribution is 0.0942. The van der Waals surface area contributed by atoms with Gasteiger partial charge in [0, 0.05) is 10.6 Å². The Bertz CT molecular complexity index is 730. The molecule has 0 heterocycles. The molecule has 2 rings (SSSR count). The fraction of sp³-hybridized carbons (Fsp3) is 0.133. The summed E-state index contributed by atoms with van der Waals surface area (Å²) in [5, 5.41) is 6.55. The highest BCUT2D eigenvalue weighted by molar-refractivity contribution is 6.68. The average molecular weight is 447 g/mol. The first kappa shape index (κ1) is 19.8. The van der Waals surface area contributed by atoms with Gasteiger partial charge in [0.15, 0.2) is 0 Å². The first-order chi connectivity index (χ1) is 11.2. The molecule has 3 nitrogen and oxygen atoms in total. The van der Waals surface area contributed by atoms with E-state index in [4.69, 9.17) is 69.6 Å². The van der Waals surface area contributed by atoms with Gasteiger partial charge in [-0.05, 0) is 36.4 Å². The Hall–Kier alpha value is -0.550. The molecule has 0 radical (unpaired) electrons. The van der Waals surface area contributed by atoms with Crippen LogP contribution < -0.4 is 10.6 Å². The number of anilines is 1. The fourth-order valence-corrected chi connectivity index (χ4v) is 2.59. The van der Waals surface area contributed by atoms with Crippen LogP contribution in [-0.2, 0) is 0 Å². The number of rotatable bonds is 4. The molecule has 2 N–H and O–H groups in total. The van der Waals surface area contributed by atoms with Gasteiger partial charge in [-0.2, -0.15) is 0 Å². The quantitative estimate of drug-likeness (QED) is 0.434. The highest BCUT2D eigenvalue weighted by Crippen LogP contribution is 2.35. The molecular weight excluding hydrogens is 437 g/mol. The van der Waals surface area contributed by atoms with Crippen LogP contribution in [0, 0.1) is 0 Å². The third kappa shape index (κ3) is 5.22. The van der Waals surface area contributed by atoms with Crippen molar-refractivity contribution in [3.05, 3.63) is 63.1 Å². The number of carbonyl (C=O) groups is 1. The molecule has 0 spiro atoms. The lowest BCUT2D eigenvalue weighted by Gasteiger charge is -2.28. The van der Waals surface area contributed by atoms with Gasteiger partial charge in [0.25, 0.3) is 5.91 Å². The lowest BCUT2D eigenvalue weighted by atomic mass is 10.2. The minimum absolute atomic E-state index is 0.249. The fourth-order valence-electron chi connectivity index (χ4n) is 1.79. The molecule has 128 valence electrons. The predicted molar refractivity (Wildman–Crippen MR) is 103 cm³/mol. The molecule has 1 amide bonds. The Morgan fingerprint density at radius 2 is 1.58 bits per heavy atom. The molecular formula is C15H10Cl6N2O. The molecule has 2 aromatic rings. The van der Waals surface area contributed by atoms with Crippen LogP contribution in [-0.4, -0.2) is 15.9 Å². The van der Waals surface area contributed by atoms with Crippen LogP contribution in [0.25, 0.3) is 0 Å². The summed E-state index contributed by atoms with van der Waals surface area (Å²) in [6, 6.07) is 11.2. The van der Waals surface area contributed by atoms with E-state index in [0.29, 0.717) is 21.3 Å². The number of amides is 1. The molecule has 0 aliphatic carbocycles. The zero-order valence-corrected chi connectivity index (χ0v) is 16.3. The Morgan fingerprint density at radius 3 is 2.17 bits per heavy atom. The molecule has 0 saturated carbocycles. The van der Waals surface area contributed by atoms with Gasteiger partial charge in [0.05, 0.1) is 15.7 Å². The van der Waals surface area contributed by atoms with E-state index in [1.807, 2.05) is 0 Å². The van der Waals surface area contributed by atoms with Gasteiger partial charge in [-0.3, -0.25) is 4.79 Å². The van der Waals surface area contributed by atoms with Gasteiger partial charge in [0.2, 0.25) is 3.79 Å². The van der Waals surface area contributed by atoms with E-state index in [0.717, 1.165) is 0 Å². The van der Waals surface area contributed by atoms with E-state index in [2.05, 4.69) is 10.6 Å². The monoisotopic (exact) mass is 444 g/mol. The zero-order chi connectivity index (χ0) is 17.9. The number of hydrogen-bond acceptors (Lipinski definition) is 2. The first-order valence-electron chi connectivity index (χ1n) is 6.52. The van der Waals surface area contributed by atoms with Crippen LogP contribution in [0.4, 0.5) is 5.69 Å². The van der Waals surface area contributed by atoms with Crippen molar-refractivity contribution in [1.82, 2.24) is 5.32 Å². The van der Waals surface area contributed by atoms with Gasteiger partial charge < -0.3 is 10.6 Å². The van der Waals surface area contributed by atoms with Crippen molar-refractivity contribution < 1.29 is 4.79 Å². The maximum Gasteiger partial charge on any atom is 0.252 e. The maximum absolute atomic E-state index is 12.3. The molecule has 0 saturated heterocycles. The van der Waals surface area contributed by atoms with Crippen LogP contribution in [0.1, 0.15) is 10.4 Å². The zero-order valence-electron chi connectivity index (χ0n) is 11.8. The Balaban J connectivity index is 2.21. The Kier molecular flexibility index (Phi) is 6.77. The van der Waals surface area contributed by atoms with E-state index < -0.39 is 15.9 Å².